The molecule has 29 heavy (non-hydrogen) atoms. The number of methoxy groups -OCH3 is 2. The van der Waals surface area contributed by atoms with Crippen LogP contribution in [-0.2, 0) is 9.47 Å². The van der Waals surface area contributed by atoms with Crippen molar-refractivity contribution >= 4 is 0 Å². The first-order valence-corrected chi connectivity index (χ1v) is 10.8. The number of hydrogen-bond donors (Lipinski definition) is 2. The van der Waals surface area contributed by atoms with E-state index in [2.05, 4.69) is 23.9 Å². The van der Waals surface area contributed by atoms with Crippen molar-refractivity contribution in [3.05, 3.63) is 23.3 Å². The number of fused-ring (bicyclic) bond motifs is 2. The van der Waals surface area contributed by atoms with Crippen LogP contribution >= 0.6 is 0 Å². The lowest BCUT2D eigenvalue weighted by molar-refractivity contribution is -0.317. The minimum atomic E-state index is -0.753. The molecule has 0 radical (unpaired) electrons. The van der Waals surface area contributed by atoms with Gasteiger partial charge in [-0.05, 0) is 63.6 Å². The molecule has 0 amide bonds. The van der Waals surface area contributed by atoms with Crippen molar-refractivity contribution in [1.82, 2.24) is 4.90 Å². The Kier molecular flexibility index (Phi) is 5.25. The van der Waals surface area contributed by atoms with Gasteiger partial charge in [0.25, 0.3) is 0 Å². The van der Waals surface area contributed by atoms with E-state index in [9.17, 15) is 10.2 Å². The summed E-state index contributed by atoms with van der Waals surface area (Å²) in [4.78, 5) is 2.45. The first kappa shape index (κ1) is 21.1. The second-order valence-corrected chi connectivity index (χ2v) is 9.59. The predicted molar refractivity (Wildman–Crippen MR) is 112 cm³/mol. The van der Waals surface area contributed by atoms with Crippen LogP contribution in [0.2, 0.25) is 0 Å². The number of rotatable bonds is 5. The van der Waals surface area contributed by atoms with E-state index in [0.717, 1.165) is 49.8 Å². The third kappa shape index (κ3) is 2.47. The summed E-state index contributed by atoms with van der Waals surface area (Å²) in [6.45, 7) is 3.28. The van der Waals surface area contributed by atoms with E-state index in [1.807, 2.05) is 13.0 Å². The Bertz CT molecular complexity index is 767. The van der Waals surface area contributed by atoms with Gasteiger partial charge in [0.05, 0.1) is 24.4 Å². The second kappa shape index (κ2) is 7.21. The molecule has 160 valence electrons. The van der Waals surface area contributed by atoms with Crippen molar-refractivity contribution < 1.29 is 19.7 Å². The second-order valence-electron chi connectivity index (χ2n) is 9.59. The van der Waals surface area contributed by atoms with E-state index < -0.39 is 23.2 Å². The molecule has 0 aromatic heterocycles. The SMILES string of the molecule is C#CC1=C(/C=C\COC)C[C@H]2N(C)CC[C@@]13[C@@H](O)[C@@]1(OC)CC[C@@]23C[C@@H]1[C@H](C)O. The number of ether oxygens (including phenoxy) is 2. The molecule has 0 aromatic carbocycles. The highest BCUT2D eigenvalue weighted by atomic mass is 16.5. The number of piperidine rings is 1. The molecule has 7 atom stereocenters. The summed E-state index contributed by atoms with van der Waals surface area (Å²) in [5, 5.41) is 22.7. The molecule has 4 bridgehead atoms. The van der Waals surface area contributed by atoms with Gasteiger partial charge in [-0.15, -0.1) is 6.42 Å². The van der Waals surface area contributed by atoms with E-state index in [0.29, 0.717) is 12.6 Å². The van der Waals surface area contributed by atoms with Crippen LogP contribution in [0.3, 0.4) is 0 Å². The molecule has 5 heteroatoms. The summed E-state index contributed by atoms with van der Waals surface area (Å²) in [7, 11) is 5.55. The van der Waals surface area contributed by atoms with E-state index in [4.69, 9.17) is 15.9 Å². The zero-order valence-corrected chi connectivity index (χ0v) is 18.1. The number of aliphatic hydroxyl groups excluding tert-OH is 2. The molecule has 1 heterocycles. The van der Waals surface area contributed by atoms with Crippen LogP contribution in [0.4, 0.5) is 0 Å². The van der Waals surface area contributed by atoms with Crippen LogP contribution in [-0.4, -0.2) is 73.4 Å². The van der Waals surface area contributed by atoms with E-state index in [-0.39, 0.29) is 11.3 Å². The zero-order chi connectivity index (χ0) is 21.0. The standard InChI is InChI=1S/C24H35NO4/c1-6-18-17(8-7-13-28-4)14-20-22-9-10-24(29-5,19(15-22)16(2)26)21(27)23(18,22)11-12-25(20)3/h1,7-8,16,19-21,26-27H,9-15H2,2-5H3/b8-7-/t16-,19+,20+,21+,22+,23-,24+/m0/s1. The lowest BCUT2D eigenvalue weighted by Gasteiger charge is -2.75. The van der Waals surface area contributed by atoms with Crippen LogP contribution in [0.1, 0.15) is 39.0 Å². The minimum absolute atomic E-state index is 0.0945. The fourth-order valence-corrected chi connectivity index (χ4v) is 7.68. The van der Waals surface area contributed by atoms with Crippen LogP contribution in [0.15, 0.2) is 23.3 Å². The molecule has 4 fully saturated rings. The molecule has 1 spiro atoms. The third-order valence-corrected chi connectivity index (χ3v) is 8.89. The number of aliphatic hydroxyl groups is 2. The van der Waals surface area contributed by atoms with Crippen LogP contribution in [0, 0.1) is 29.1 Å². The molecular formula is C24H35NO4. The number of likely N-dealkylation sites (tertiary alicyclic amines) is 1. The van der Waals surface area contributed by atoms with Gasteiger partial charge in [0.15, 0.2) is 0 Å². The molecule has 3 saturated carbocycles. The first-order chi connectivity index (χ1) is 13.8. The Morgan fingerprint density at radius 3 is 2.72 bits per heavy atom. The highest BCUT2D eigenvalue weighted by Crippen LogP contribution is 2.74. The number of terminal acetylenes is 1. The van der Waals surface area contributed by atoms with Gasteiger partial charge in [0.2, 0.25) is 0 Å². The maximum atomic E-state index is 12.0. The monoisotopic (exact) mass is 401 g/mol. The fraction of sp³-hybridized carbons (Fsp3) is 0.750. The van der Waals surface area contributed by atoms with Crippen molar-refractivity contribution in [2.75, 3.05) is 34.4 Å². The molecule has 4 aliphatic carbocycles. The molecule has 5 nitrogen and oxygen atoms in total. The molecular weight excluding hydrogens is 366 g/mol. The maximum Gasteiger partial charge on any atom is 0.0998 e. The van der Waals surface area contributed by atoms with Crippen LogP contribution in [0.25, 0.3) is 0 Å². The Morgan fingerprint density at radius 1 is 1.34 bits per heavy atom. The summed E-state index contributed by atoms with van der Waals surface area (Å²) in [5.41, 5.74) is 0.701. The van der Waals surface area contributed by atoms with Gasteiger partial charge in [0.1, 0.15) is 0 Å². The van der Waals surface area contributed by atoms with Crippen molar-refractivity contribution in [1.29, 1.82) is 0 Å². The molecule has 0 aromatic rings. The summed E-state index contributed by atoms with van der Waals surface area (Å²) < 4.78 is 11.3. The average Bonchev–Trinajstić information content (AvgIpc) is 2.71. The Labute approximate surface area is 174 Å². The van der Waals surface area contributed by atoms with Gasteiger partial charge in [-0.2, -0.15) is 0 Å². The van der Waals surface area contributed by atoms with Gasteiger partial charge in [-0.3, -0.25) is 0 Å². The Hall–Kier alpha value is -1.16. The van der Waals surface area contributed by atoms with Crippen molar-refractivity contribution in [3.63, 3.8) is 0 Å². The molecule has 5 aliphatic rings. The molecule has 5 rings (SSSR count). The summed E-state index contributed by atoms with van der Waals surface area (Å²) >= 11 is 0. The quantitative estimate of drug-likeness (QED) is 0.691. The van der Waals surface area contributed by atoms with Crippen molar-refractivity contribution in [2.45, 2.75) is 62.9 Å². The molecule has 0 unspecified atom stereocenters. The molecule has 1 saturated heterocycles. The zero-order valence-electron chi connectivity index (χ0n) is 18.1. The first-order valence-electron chi connectivity index (χ1n) is 10.8. The lowest BCUT2D eigenvalue weighted by atomic mass is 9.34. The van der Waals surface area contributed by atoms with Gasteiger partial charge in [-0.25, -0.2) is 0 Å². The van der Waals surface area contributed by atoms with Crippen molar-refractivity contribution in [2.24, 2.45) is 16.7 Å². The summed E-state index contributed by atoms with van der Waals surface area (Å²) in [6.07, 6.45) is 13.3. The Balaban J connectivity index is 1.95. The number of nitrogens with zero attached hydrogens (tertiary/aromatic N) is 1. The highest BCUT2D eigenvalue weighted by Gasteiger charge is 2.77. The normalized spacial score (nSPS) is 45.3. The summed E-state index contributed by atoms with van der Waals surface area (Å²) in [5.74, 6) is 2.93. The maximum absolute atomic E-state index is 12.0. The fourth-order valence-electron chi connectivity index (χ4n) is 7.68. The highest BCUT2D eigenvalue weighted by molar-refractivity contribution is 5.52. The number of allylic oxidation sites excluding steroid dienone is 1. The van der Waals surface area contributed by atoms with E-state index in [1.165, 1.54) is 0 Å². The van der Waals surface area contributed by atoms with Crippen LogP contribution < -0.4 is 0 Å². The average molecular weight is 402 g/mol. The number of hydrogen-bond acceptors (Lipinski definition) is 5. The third-order valence-electron chi connectivity index (χ3n) is 8.89. The van der Waals surface area contributed by atoms with Gasteiger partial charge in [-0.1, -0.05) is 18.1 Å². The Morgan fingerprint density at radius 2 is 2.10 bits per heavy atom. The molecule has 2 N–H and O–H groups in total. The molecule has 1 aliphatic heterocycles. The van der Waals surface area contributed by atoms with Gasteiger partial charge < -0.3 is 24.6 Å². The smallest absolute Gasteiger partial charge is 0.0998 e. The van der Waals surface area contributed by atoms with Crippen molar-refractivity contribution in [3.8, 4) is 12.3 Å². The van der Waals surface area contributed by atoms with E-state index in [1.54, 1.807) is 14.2 Å². The predicted octanol–water partition coefficient (Wildman–Crippen LogP) is 2.14. The lowest BCUT2D eigenvalue weighted by Crippen LogP contribution is -2.80. The van der Waals surface area contributed by atoms with Gasteiger partial charge >= 0.3 is 0 Å². The summed E-state index contributed by atoms with van der Waals surface area (Å²) in [6, 6.07) is 0.293. The topological polar surface area (TPSA) is 62.2 Å². The van der Waals surface area contributed by atoms with Crippen LogP contribution in [0.5, 0.6) is 0 Å². The van der Waals surface area contributed by atoms with E-state index >= 15 is 0 Å². The minimum Gasteiger partial charge on any atom is -0.393 e. The largest absolute Gasteiger partial charge is 0.393 e. The van der Waals surface area contributed by atoms with Gasteiger partial charge in [0, 0.05) is 37.2 Å².